The molecule has 0 aromatic heterocycles. The third-order valence-electron chi connectivity index (χ3n) is 3.20. The molecule has 0 radical (unpaired) electrons. The maximum Gasteiger partial charge on any atom is 0.240 e. The van der Waals surface area contributed by atoms with Gasteiger partial charge in [-0.25, -0.2) is 0 Å². The molecule has 2 atom stereocenters. The first-order valence-corrected chi connectivity index (χ1v) is 6.73. The molecule has 1 aliphatic heterocycles. The van der Waals surface area contributed by atoms with Crippen LogP contribution in [-0.2, 0) is 22.6 Å². The van der Waals surface area contributed by atoms with Crippen molar-refractivity contribution in [3.8, 4) is 0 Å². The lowest BCUT2D eigenvalue weighted by atomic mass is 9.93. The van der Waals surface area contributed by atoms with Crippen molar-refractivity contribution in [2.24, 2.45) is 5.73 Å². The molecule has 0 aliphatic carbocycles. The minimum Gasteiger partial charge on any atom is -0.368 e. The van der Waals surface area contributed by atoms with Gasteiger partial charge in [0.15, 0.2) is 0 Å². The average Bonchev–Trinajstić information content (AvgIpc) is 2.36. The van der Waals surface area contributed by atoms with Gasteiger partial charge in [0.25, 0.3) is 0 Å². The van der Waals surface area contributed by atoms with Crippen LogP contribution >= 0.6 is 15.9 Å². The van der Waals surface area contributed by atoms with E-state index in [1.54, 1.807) is 11.8 Å². The Bertz CT molecular complexity index is 488. The summed E-state index contributed by atoms with van der Waals surface area (Å²) in [5.74, 6) is -0.556. The number of carbonyl (C=O) groups is 2. The number of hydrogen-bond donors (Lipinski definition) is 1. The third kappa shape index (κ3) is 2.41. The predicted octanol–water partition coefficient (Wildman–Crippen LogP) is 1.21. The largest absolute Gasteiger partial charge is 0.368 e. The molecule has 0 fully saturated rings. The van der Waals surface area contributed by atoms with E-state index < -0.39 is 11.9 Å². The van der Waals surface area contributed by atoms with Gasteiger partial charge in [0.05, 0.1) is 4.83 Å². The van der Waals surface area contributed by atoms with Crippen molar-refractivity contribution in [1.29, 1.82) is 0 Å². The Hall–Kier alpha value is -1.36. The molecule has 5 heteroatoms. The van der Waals surface area contributed by atoms with Crippen LogP contribution in [0.15, 0.2) is 24.3 Å². The van der Waals surface area contributed by atoms with Gasteiger partial charge in [-0.15, -0.1) is 0 Å². The fourth-order valence-electron chi connectivity index (χ4n) is 2.24. The van der Waals surface area contributed by atoms with Crippen molar-refractivity contribution in [3.63, 3.8) is 0 Å². The molecular formula is C13H15BrN2O2. The molecule has 2 amide bonds. The number of nitrogens with zero attached hydrogens (tertiary/aromatic N) is 1. The van der Waals surface area contributed by atoms with Crippen molar-refractivity contribution >= 4 is 27.7 Å². The second-order valence-corrected chi connectivity index (χ2v) is 5.85. The Kier molecular flexibility index (Phi) is 3.71. The number of fused-ring (bicyclic) bond motifs is 1. The average molecular weight is 311 g/mol. The Balaban J connectivity index is 2.34. The van der Waals surface area contributed by atoms with Crippen molar-refractivity contribution < 1.29 is 9.59 Å². The molecule has 1 aromatic carbocycles. The highest BCUT2D eigenvalue weighted by atomic mass is 79.9. The van der Waals surface area contributed by atoms with Gasteiger partial charge in [0.2, 0.25) is 11.8 Å². The van der Waals surface area contributed by atoms with Crippen molar-refractivity contribution in [2.45, 2.75) is 30.8 Å². The van der Waals surface area contributed by atoms with E-state index in [2.05, 4.69) is 15.9 Å². The summed E-state index contributed by atoms with van der Waals surface area (Å²) in [5, 5.41) is 0. The minimum atomic E-state index is -0.549. The van der Waals surface area contributed by atoms with Gasteiger partial charge in [-0.05, 0) is 18.1 Å². The van der Waals surface area contributed by atoms with Gasteiger partial charge in [-0.2, -0.15) is 0 Å². The summed E-state index contributed by atoms with van der Waals surface area (Å²) < 4.78 is 0. The van der Waals surface area contributed by atoms with E-state index >= 15 is 0 Å². The summed E-state index contributed by atoms with van der Waals surface area (Å²) in [6, 6.07) is 7.27. The predicted molar refractivity (Wildman–Crippen MR) is 72.1 cm³/mol. The fourth-order valence-corrected chi connectivity index (χ4v) is 2.50. The first kappa shape index (κ1) is 13.1. The SMILES string of the molecule is CC(Br)C(=O)N1Cc2ccccc2C[C@H]1C(N)=O. The van der Waals surface area contributed by atoms with E-state index in [4.69, 9.17) is 5.73 Å². The second-order valence-electron chi connectivity index (χ2n) is 4.47. The first-order chi connectivity index (χ1) is 8.50. The number of primary amides is 1. The van der Waals surface area contributed by atoms with E-state index in [0.717, 1.165) is 11.1 Å². The summed E-state index contributed by atoms with van der Waals surface area (Å²) >= 11 is 3.25. The topological polar surface area (TPSA) is 63.4 Å². The zero-order valence-corrected chi connectivity index (χ0v) is 11.7. The lowest BCUT2D eigenvalue weighted by Gasteiger charge is -2.35. The summed E-state index contributed by atoms with van der Waals surface area (Å²) in [6.07, 6.45) is 0.497. The number of halogens is 1. The maximum atomic E-state index is 12.1. The Labute approximate surface area is 114 Å². The minimum absolute atomic E-state index is 0.103. The number of rotatable bonds is 2. The molecule has 0 spiro atoms. The molecule has 2 N–H and O–H groups in total. The zero-order valence-electron chi connectivity index (χ0n) is 10.1. The molecule has 0 saturated carbocycles. The van der Waals surface area contributed by atoms with E-state index in [9.17, 15) is 9.59 Å². The third-order valence-corrected chi connectivity index (χ3v) is 3.59. The molecule has 96 valence electrons. The van der Waals surface area contributed by atoms with Gasteiger partial charge in [0.1, 0.15) is 6.04 Å². The van der Waals surface area contributed by atoms with Gasteiger partial charge >= 0.3 is 0 Å². The lowest BCUT2D eigenvalue weighted by molar-refractivity contribution is -0.139. The van der Waals surface area contributed by atoms with Crippen molar-refractivity contribution in [2.75, 3.05) is 0 Å². The van der Waals surface area contributed by atoms with Crippen LogP contribution in [0.25, 0.3) is 0 Å². The maximum absolute atomic E-state index is 12.1. The normalized spacial score (nSPS) is 20.1. The highest BCUT2D eigenvalue weighted by molar-refractivity contribution is 9.10. The van der Waals surface area contributed by atoms with Crippen LogP contribution in [0.1, 0.15) is 18.1 Å². The number of alkyl halides is 1. The van der Waals surface area contributed by atoms with E-state index in [0.29, 0.717) is 13.0 Å². The molecular weight excluding hydrogens is 296 g/mol. The molecule has 18 heavy (non-hydrogen) atoms. The molecule has 1 aliphatic rings. The molecule has 2 rings (SSSR count). The monoisotopic (exact) mass is 310 g/mol. The van der Waals surface area contributed by atoms with Crippen LogP contribution in [0, 0.1) is 0 Å². The molecule has 1 unspecified atom stereocenters. The first-order valence-electron chi connectivity index (χ1n) is 5.81. The standard InChI is InChI=1S/C13H15BrN2O2/c1-8(14)13(18)16-7-10-5-3-2-4-9(10)6-11(16)12(15)17/h2-5,8,11H,6-7H2,1H3,(H2,15,17)/t8?,11-/m0/s1. The van der Waals surface area contributed by atoms with Crippen LogP contribution < -0.4 is 5.73 Å². The fraction of sp³-hybridized carbons (Fsp3) is 0.385. The molecule has 0 bridgehead atoms. The van der Waals surface area contributed by atoms with Crippen LogP contribution in [0.4, 0.5) is 0 Å². The smallest absolute Gasteiger partial charge is 0.240 e. The number of benzene rings is 1. The second kappa shape index (κ2) is 5.10. The lowest BCUT2D eigenvalue weighted by Crippen LogP contribution is -2.52. The number of hydrogen-bond acceptors (Lipinski definition) is 2. The quantitative estimate of drug-likeness (QED) is 0.835. The van der Waals surface area contributed by atoms with Gasteiger partial charge in [-0.1, -0.05) is 40.2 Å². The Morgan fingerprint density at radius 1 is 1.39 bits per heavy atom. The Morgan fingerprint density at radius 3 is 2.56 bits per heavy atom. The van der Waals surface area contributed by atoms with Gasteiger partial charge < -0.3 is 10.6 Å². The van der Waals surface area contributed by atoms with Crippen molar-refractivity contribution in [3.05, 3.63) is 35.4 Å². The summed E-state index contributed by atoms with van der Waals surface area (Å²) in [4.78, 5) is 24.9. The number of amides is 2. The van der Waals surface area contributed by atoms with Gasteiger partial charge in [-0.3, -0.25) is 9.59 Å². The molecule has 4 nitrogen and oxygen atoms in total. The van der Waals surface area contributed by atoms with Crippen LogP contribution in [0.3, 0.4) is 0 Å². The van der Waals surface area contributed by atoms with Crippen LogP contribution in [0.2, 0.25) is 0 Å². The van der Waals surface area contributed by atoms with E-state index in [1.165, 1.54) is 0 Å². The molecule has 1 heterocycles. The highest BCUT2D eigenvalue weighted by Gasteiger charge is 2.34. The van der Waals surface area contributed by atoms with Crippen LogP contribution in [-0.4, -0.2) is 27.6 Å². The summed E-state index contributed by atoms with van der Waals surface area (Å²) in [5.41, 5.74) is 7.57. The number of carbonyl (C=O) groups excluding carboxylic acids is 2. The van der Waals surface area contributed by atoms with E-state index in [1.807, 2.05) is 24.3 Å². The van der Waals surface area contributed by atoms with Gasteiger partial charge in [0, 0.05) is 13.0 Å². The summed E-state index contributed by atoms with van der Waals surface area (Å²) in [6.45, 7) is 2.19. The highest BCUT2D eigenvalue weighted by Crippen LogP contribution is 2.24. The molecule has 0 saturated heterocycles. The van der Waals surface area contributed by atoms with Crippen LogP contribution in [0.5, 0.6) is 0 Å². The Morgan fingerprint density at radius 2 is 2.00 bits per heavy atom. The summed E-state index contributed by atoms with van der Waals surface area (Å²) in [7, 11) is 0. The molecule has 1 aromatic rings. The van der Waals surface area contributed by atoms with E-state index in [-0.39, 0.29) is 10.7 Å². The number of nitrogens with two attached hydrogens (primary N) is 1. The zero-order chi connectivity index (χ0) is 13.3. The van der Waals surface area contributed by atoms with Crippen molar-refractivity contribution in [1.82, 2.24) is 4.90 Å².